The van der Waals surface area contributed by atoms with Crippen molar-refractivity contribution in [3.63, 3.8) is 0 Å². The van der Waals surface area contributed by atoms with Gasteiger partial charge in [-0.2, -0.15) is 0 Å². The Morgan fingerprint density at radius 3 is 2.74 bits per heavy atom. The van der Waals surface area contributed by atoms with E-state index in [0.29, 0.717) is 13.1 Å². The molecule has 3 aromatic rings. The van der Waals surface area contributed by atoms with Crippen LogP contribution in [0.15, 0.2) is 59.0 Å². The van der Waals surface area contributed by atoms with Crippen molar-refractivity contribution in [2.24, 2.45) is 0 Å². The normalized spacial score (nSPS) is 23.2. The Balaban J connectivity index is 1.51. The Bertz CT molecular complexity index is 960. The number of nitrogens with one attached hydrogen (secondary N) is 1. The molecular formula is C23H24N2O2. The van der Waals surface area contributed by atoms with Gasteiger partial charge in [0, 0.05) is 18.4 Å². The van der Waals surface area contributed by atoms with Gasteiger partial charge in [0.25, 0.3) is 0 Å². The van der Waals surface area contributed by atoms with Crippen LogP contribution >= 0.6 is 0 Å². The van der Waals surface area contributed by atoms with Crippen molar-refractivity contribution in [1.29, 1.82) is 0 Å². The number of furan rings is 1. The monoisotopic (exact) mass is 360 g/mol. The van der Waals surface area contributed by atoms with Gasteiger partial charge in [-0.1, -0.05) is 42.5 Å². The van der Waals surface area contributed by atoms with E-state index in [1.807, 2.05) is 18.2 Å². The number of hydrogen-bond acceptors (Lipinski definition) is 3. The fraction of sp³-hybridized carbons (Fsp3) is 0.348. The highest BCUT2D eigenvalue weighted by Crippen LogP contribution is 2.36. The molecule has 3 heterocycles. The molecule has 0 bridgehead atoms. The lowest BCUT2D eigenvalue weighted by atomic mass is 9.80. The first-order valence-corrected chi connectivity index (χ1v) is 9.82. The van der Waals surface area contributed by atoms with Crippen LogP contribution < -0.4 is 5.32 Å². The second kappa shape index (κ2) is 6.54. The number of fused-ring (bicyclic) bond motifs is 2. The summed E-state index contributed by atoms with van der Waals surface area (Å²) >= 11 is 0. The molecule has 4 heteroatoms. The predicted molar refractivity (Wildman–Crippen MR) is 105 cm³/mol. The number of piperidine rings is 1. The molecule has 2 aromatic carbocycles. The van der Waals surface area contributed by atoms with Crippen molar-refractivity contribution in [2.75, 3.05) is 6.54 Å². The maximum Gasteiger partial charge on any atom is 0.241 e. The number of para-hydroxylation sites is 1. The summed E-state index contributed by atoms with van der Waals surface area (Å²) in [6.45, 7) is 2.21. The van der Waals surface area contributed by atoms with E-state index in [1.165, 1.54) is 11.1 Å². The number of carbonyl (C=O) groups excluding carboxylic acids is 1. The Kier molecular flexibility index (Phi) is 4.01. The van der Waals surface area contributed by atoms with Gasteiger partial charge >= 0.3 is 0 Å². The largest absolute Gasteiger partial charge is 0.460 e. The number of amides is 1. The van der Waals surface area contributed by atoms with Crippen LogP contribution in [0.4, 0.5) is 0 Å². The summed E-state index contributed by atoms with van der Waals surface area (Å²) in [5.41, 5.74) is 2.95. The van der Waals surface area contributed by atoms with Crippen molar-refractivity contribution in [3.05, 3.63) is 71.5 Å². The average molecular weight is 360 g/mol. The topological polar surface area (TPSA) is 45.5 Å². The van der Waals surface area contributed by atoms with Crippen molar-refractivity contribution in [3.8, 4) is 0 Å². The molecule has 1 fully saturated rings. The first kappa shape index (κ1) is 16.6. The Hall–Kier alpha value is -2.59. The smallest absolute Gasteiger partial charge is 0.241 e. The number of likely N-dealkylation sites (tertiary alicyclic amines) is 1. The van der Waals surface area contributed by atoms with E-state index in [4.69, 9.17) is 4.42 Å². The summed E-state index contributed by atoms with van der Waals surface area (Å²) in [6.07, 6.45) is 3.88. The SMILES string of the molecule is O=C1NCc2ccccc2CC12CCCCN2Cc1cc2ccccc2o1. The van der Waals surface area contributed by atoms with E-state index in [-0.39, 0.29) is 5.91 Å². The molecule has 1 saturated heterocycles. The van der Waals surface area contributed by atoms with E-state index in [1.54, 1.807) is 0 Å². The van der Waals surface area contributed by atoms with Crippen molar-refractivity contribution < 1.29 is 9.21 Å². The van der Waals surface area contributed by atoms with Crippen LogP contribution in [-0.2, 0) is 24.3 Å². The lowest BCUT2D eigenvalue weighted by Crippen LogP contribution is -2.60. The number of benzene rings is 2. The minimum absolute atomic E-state index is 0.162. The Morgan fingerprint density at radius 2 is 1.85 bits per heavy atom. The Morgan fingerprint density at radius 1 is 1.04 bits per heavy atom. The zero-order valence-electron chi connectivity index (χ0n) is 15.4. The van der Waals surface area contributed by atoms with Crippen LogP contribution in [0.1, 0.15) is 36.1 Å². The molecular weight excluding hydrogens is 336 g/mol. The molecule has 1 aromatic heterocycles. The predicted octanol–water partition coefficient (Wildman–Crippen LogP) is 4.03. The third kappa shape index (κ3) is 2.85. The van der Waals surface area contributed by atoms with Gasteiger partial charge in [0.2, 0.25) is 5.91 Å². The zero-order chi connectivity index (χ0) is 18.3. The van der Waals surface area contributed by atoms with Gasteiger partial charge in [-0.05, 0) is 49.1 Å². The summed E-state index contributed by atoms with van der Waals surface area (Å²) in [5, 5.41) is 4.31. The number of nitrogens with zero attached hydrogens (tertiary/aromatic N) is 1. The van der Waals surface area contributed by atoms with Gasteiger partial charge in [-0.15, -0.1) is 0 Å². The lowest BCUT2D eigenvalue weighted by molar-refractivity contribution is -0.136. The molecule has 0 radical (unpaired) electrons. The van der Waals surface area contributed by atoms with Gasteiger partial charge < -0.3 is 9.73 Å². The zero-order valence-corrected chi connectivity index (χ0v) is 15.4. The molecule has 1 amide bonds. The molecule has 1 atom stereocenters. The fourth-order valence-corrected chi connectivity index (χ4v) is 4.72. The van der Waals surface area contributed by atoms with Crippen LogP contribution in [0.25, 0.3) is 11.0 Å². The molecule has 0 saturated carbocycles. The quantitative estimate of drug-likeness (QED) is 0.750. The van der Waals surface area contributed by atoms with E-state index in [2.05, 4.69) is 46.6 Å². The molecule has 5 rings (SSSR count). The van der Waals surface area contributed by atoms with Crippen molar-refractivity contribution in [2.45, 2.75) is 44.3 Å². The highest BCUT2D eigenvalue weighted by molar-refractivity contribution is 5.87. The maximum absolute atomic E-state index is 13.2. The lowest BCUT2D eigenvalue weighted by Gasteiger charge is -2.45. The summed E-state index contributed by atoms with van der Waals surface area (Å²) in [6, 6.07) is 18.6. The second-order valence-electron chi connectivity index (χ2n) is 7.79. The van der Waals surface area contributed by atoms with Gasteiger partial charge in [0.05, 0.1) is 6.54 Å². The van der Waals surface area contributed by atoms with Crippen LogP contribution in [0.3, 0.4) is 0 Å². The van der Waals surface area contributed by atoms with Gasteiger partial charge in [-0.3, -0.25) is 9.69 Å². The molecule has 1 spiro atoms. The van der Waals surface area contributed by atoms with Gasteiger partial charge in [0.1, 0.15) is 16.9 Å². The molecule has 27 heavy (non-hydrogen) atoms. The van der Waals surface area contributed by atoms with Crippen LogP contribution in [-0.4, -0.2) is 22.9 Å². The fourth-order valence-electron chi connectivity index (χ4n) is 4.72. The minimum Gasteiger partial charge on any atom is -0.460 e. The standard InChI is InChI=1S/C23H24N2O2/c26-22-23(14-18-8-1-2-9-19(18)15-24-22)11-5-6-12-25(23)16-20-13-17-7-3-4-10-21(17)27-20/h1-4,7-10,13H,5-6,11-12,14-16H2,(H,24,26). The maximum atomic E-state index is 13.2. The second-order valence-corrected chi connectivity index (χ2v) is 7.79. The average Bonchev–Trinajstić information content (AvgIpc) is 3.05. The summed E-state index contributed by atoms with van der Waals surface area (Å²) in [7, 11) is 0. The molecule has 0 aliphatic carbocycles. The molecule has 4 nitrogen and oxygen atoms in total. The summed E-state index contributed by atoms with van der Waals surface area (Å²) in [5.74, 6) is 1.09. The van der Waals surface area contributed by atoms with Crippen molar-refractivity contribution >= 4 is 16.9 Å². The molecule has 1 unspecified atom stereocenters. The Labute approximate surface area is 159 Å². The van der Waals surface area contributed by atoms with Crippen LogP contribution in [0.2, 0.25) is 0 Å². The van der Waals surface area contributed by atoms with E-state index in [9.17, 15) is 4.79 Å². The molecule has 2 aliphatic rings. The summed E-state index contributed by atoms with van der Waals surface area (Å²) in [4.78, 5) is 15.6. The molecule has 138 valence electrons. The summed E-state index contributed by atoms with van der Waals surface area (Å²) < 4.78 is 6.07. The van der Waals surface area contributed by atoms with Gasteiger partial charge in [-0.25, -0.2) is 0 Å². The highest BCUT2D eigenvalue weighted by atomic mass is 16.3. The highest BCUT2D eigenvalue weighted by Gasteiger charge is 2.47. The van der Waals surface area contributed by atoms with Crippen LogP contribution in [0.5, 0.6) is 0 Å². The number of hydrogen-bond donors (Lipinski definition) is 1. The molecule has 1 N–H and O–H groups in total. The van der Waals surface area contributed by atoms with E-state index < -0.39 is 5.54 Å². The molecule has 2 aliphatic heterocycles. The van der Waals surface area contributed by atoms with E-state index in [0.717, 1.165) is 49.0 Å². The van der Waals surface area contributed by atoms with E-state index >= 15 is 0 Å². The first-order chi connectivity index (χ1) is 13.2. The first-order valence-electron chi connectivity index (χ1n) is 9.82. The third-order valence-corrected chi connectivity index (χ3v) is 6.16. The number of carbonyl (C=O) groups is 1. The van der Waals surface area contributed by atoms with Crippen LogP contribution in [0, 0.1) is 0 Å². The van der Waals surface area contributed by atoms with Crippen molar-refractivity contribution in [1.82, 2.24) is 10.2 Å². The minimum atomic E-state index is -0.482. The third-order valence-electron chi connectivity index (χ3n) is 6.16. The number of rotatable bonds is 2. The van der Waals surface area contributed by atoms with Gasteiger partial charge in [0.15, 0.2) is 0 Å².